The van der Waals surface area contributed by atoms with Crippen LogP contribution in [0.1, 0.15) is 31.2 Å². The standard InChI is InChI=1S/C16H21N9O2/c26-13-11(19-16(27)21-13)7-9-8-17-25-12(9)20-14(23-24-5-1-2-6-24)22-15(25)18-10-3-4-10/h8,10,16,27H,1-7H2,(H,21,26)(H2,18,20,22,23). The van der Waals surface area contributed by atoms with Crippen molar-refractivity contribution in [1.82, 2.24) is 29.9 Å². The minimum atomic E-state index is -1.18. The number of aromatic nitrogens is 4. The average Bonchev–Trinajstić information content (AvgIpc) is 3.01. The van der Waals surface area contributed by atoms with Gasteiger partial charge in [0.05, 0.1) is 6.20 Å². The number of aliphatic hydroxyl groups is 1. The number of nitrogens with one attached hydrogen (secondary N) is 3. The Labute approximate surface area is 154 Å². The van der Waals surface area contributed by atoms with Crippen LogP contribution in [0.2, 0.25) is 0 Å². The zero-order valence-electron chi connectivity index (χ0n) is 14.7. The summed E-state index contributed by atoms with van der Waals surface area (Å²) in [6, 6.07) is 0.413. The topological polar surface area (TPSA) is 132 Å². The van der Waals surface area contributed by atoms with Crippen molar-refractivity contribution in [2.75, 3.05) is 23.8 Å². The number of fused-ring (bicyclic) bond motifs is 1. The molecule has 11 heteroatoms. The Kier molecular flexibility index (Phi) is 3.90. The van der Waals surface area contributed by atoms with Crippen LogP contribution < -0.4 is 16.1 Å². The average molecular weight is 371 g/mol. The fourth-order valence-corrected chi connectivity index (χ4v) is 3.32. The Morgan fingerprint density at radius 3 is 2.78 bits per heavy atom. The van der Waals surface area contributed by atoms with Gasteiger partial charge < -0.3 is 15.7 Å². The van der Waals surface area contributed by atoms with E-state index in [1.165, 1.54) is 0 Å². The van der Waals surface area contributed by atoms with Gasteiger partial charge in [0.2, 0.25) is 18.2 Å². The van der Waals surface area contributed by atoms with Crippen LogP contribution in [0.4, 0.5) is 11.9 Å². The van der Waals surface area contributed by atoms with E-state index in [-0.39, 0.29) is 18.0 Å². The quantitative estimate of drug-likeness (QED) is 0.535. The van der Waals surface area contributed by atoms with Crippen molar-refractivity contribution in [2.45, 2.75) is 44.5 Å². The molecule has 1 saturated carbocycles. The maximum absolute atomic E-state index is 11.9. The molecule has 4 heterocycles. The van der Waals surface area contributed by atoms with Crippen molar-refractivity contribution < 1.29 is 9.90 Å². The molecule has 1 atom stereocenters. The van der Waals surface area contributed by atoms with E-state index in [1.807, 2.05) is 0 Å². The van der Waals surface area contributed by atoms with Gasteiger partial charge in [0.1, 0.15) is 5.71 Å². The third kappa shape index (κ3) is 3.30. The van der Waals surface area contributed by atoms with E-state index >= 15 is 0 Å². The highest BCUT2D eigenvalue weighted by atomic mass is 16.3. The number of carbonyl (C=O) groups excluding carboxylic acids is 1. The molecule has 5 rings (SSSR count). The molecule has 0 radical (unpaired) electrons. The van der Waals surface area contributed by atoms with E-state index in [9.17, 15) is 9.90 Å². The van der Waals surface area contributed by atoms with Crippen LogP contribution in [0.3, 0.4) is 0 Å². The minimum absolute atomic E-state index is 0.245. The summed E-state index contributed by atoms with van der Waals surface area (Å²) in [4.78, 5) is 25.0. The van der Waals surface area contributed by atoms with Crippen molar-refractivity contribution >= 4 is 29.2 Å². The van der Waals surface area contributed by atoms with E-state index in [2.05, 4.69) is 41.1 Å². The van der Waals surface area contributed by atoms with E-state index in [4.69, 9.17) is 0 Å². The van der Waals surface area contributed by atoms with Crippen molar-refractivity contribution in [3.05, 3.63) is 11.8 Å². The van der Waals surface area contributed by atoms with Crippen LogP contribution in [0.5, 0.6) is 0 Å². The molecule has 1 amide bonds. The lowest BCUT2D eigenvalue weighted by molar-refractivity contribution is -0.116. The Morgan fingerprint density at radius 2 is 2.07 bits per heavy atom. The number of hydrazine groups is 1. The molecular formula is C16H21N9O2. The second kappa shape index (κ2) is 6.43. The molecule has 1 saturated heterocycles. The van der Waals surface area contributed by atoms with Gasteiger partial charge in [-0.15, -0.1) is 0 Å². The van der Waals surface area contributed by atoms with E-state index in [0.717, 1.165) is 44.3 Å². The number of carbonyl (C=O) groups is 1. The lowest BCUT2D eigenvalue weighted by atomic mass is 10.1. The number of amides is 1. The highest BCUT2D eigenvalue weighted by Gasteiger charge is 2.27. The lowest BCUT2D eigenvalue weighted by Crippen LogP contribution is -2.29. The normalized spacial score (nSPS) is 22.9. The molecule has 4 N–H and O–H groups in total. The number of aliphatic imine (C=N–C) groups is 1. The molecule has 0 spiro atoms. The summed E-state index contributed by atoms with van der Waals surface area (Å²) in [6.07, 6.45) is 5.27. The number of nitrogens with zero attached hydrogens (tertiary/aromatic N) is 6. The van der Waals surface area contributed by atoms with Crippen LogP contribution in [0, 0.1) is 0 Å². The third-order valence-corrected chi connectivity index (χ3v) is 4.87. The molecule has 2 fully saturated rings. The summed E-state index contributed by atoms with van der Waals surface area (Å²) in [6.45, 7) is 1.92. The molecular weight excluding hydrogens is 350 g/mol. The summed E-state index contributed by atoms with van der Waals surface area (Å²) in [5, 5.41) is 21.7. The molecule has 27 heavy (non-hydrogen) atoms. The second-order valence-corrected chi connectivity index (χ2v) is 7.10. The van der Waals surface area contributed by atoms with Crippen LogP contribution in [-0.4, -0.2) is 66.8 Å². The monoisotopic (exact) mass is 371 g/mol. The van der Waals surface area contributed by atoms with Crippen LogP contribution in [0.25, 0.3) is 5.65 Å². The molecule has 0 aromatic carbocycles. The number of aliphatic hydroxyl groups excluding tert-OH is 1. The smallest absolute Gasteiger partial charge is 0.269 e. The maximum atomic E-state index is 11.9. The minimum Gasteiger partial charge on any atom is -0.355 e. The zero-order valence-corrected chi connectivity index (χ0v) is 14.7. The molecule has 2 aromatic heterocycles. The molecule has 142 valence electrons. The molecule has 0 bridgehead atoms. The van der Waals surface area contributed by atoms with Crippen molar-refractivity contribution in [3.63, 3.8) is 0 Å². The Morgan fingerprint density at radius 1 is 1.26 bits per heavy atom. The second-order valence-electron chi connectivity index (χ2n) is 7.10. The van der Waals surface area contributed by atoms with Crippen molar-refractivity contribution in [2.24, 2.45) is 4.99 Å². The van der Waals surface area contributed by atoms with Crippen LogP contribution in [0.15, 0.2) is 11.2 Å². The van der Waals surface area contributed by atoms with Gasteiger partial charge in [-0.1, -0.05) is 0 Å². The predicted molar refractivity (Wildman–Crippen MR) is 97.1 cm³/mol. The summed E-state index contributed by atoms with van der Waals surface area (Å²) >= 11 is 0. The summed E-state index contributed by atoms with van der Waals surface area (Å²) in [7, 11) is 0. The van der Waals surface area contributed by atoms with Crippen LogP contribution in [-0.2, 0) is 11.2 Å². The first-order valence-corrected chi connectivity index (χ1v) is 9.24. The molecule has 2 aliphatic heterocycles. The zero-order chi connectivity index (χ0) is 18.4. The first kappa shape index (κ1) is 16.4. The molecule has 1 unspecified atom stereocenters. The third-order valence-electron chi connectivity index (χ3n) is 4.87. The first-order valence-electron chi connectivity index (χ1n) is 9.24. The van der Waals surface area contributed by atoms with Gasteiger partial charge in [-0.2, -0.15) is 19.6 Å². The van der Waals surface area contributed by atoms with E-state index in [1.54, 1.807) is 10.7 Å². The molecule has 11 nitrogen and oxygen atoms in total. The van der Waals surface area contributed by atoms with Gasteiger partial charge in [0.15, 0.2) is 5.65 Å². The van der Waals surface area contributed by atoms with E-state index in [0.29, 0.717) is 23.6 Å². The fourth-order valence-electron chi connectivity index (χ4n) is 3.32. The van der Waals surface area contributed by atoms with Gasteiger partial charge in [0, 0.05) is 31.1 Å². The Balaban J connectivity index is 1.49. The predicted octanol–water partition coefficient (Wildman–Crippen LogP) is -0.490. The molecule has 3 aliphatic rings. The molecule has 1 aliphatic carbocycles. The number of rotatable bonds is 6. The number of hydrogen-bond acceptors (Lipinski definition) is 9. The summed E-state index contributed by atoms with van der Waals surface area (Å²) in [5.41, 5.74) is 4.91. The van der Waals surface area contributed by atoms with Gasteiger partial charge in [-0.05, 0) is 25.7 Å². The van der Waals surface area contributed by atoms with Crippen molar-refractivity contribution in [1.29, 1.82) is 0 Å². The van der Waals surface area contributed by atoms with E-state index < -0.39 is 6.35 Å². The summed E-state index contributed by atoms with van der Waals surface area (Å²) < 4.78 is 1.66. The van der Waals surface area contributed by atoms with Gasteiger partial charge in [-0.3, -0.25) is 10.2 Å². The van der Waals surface area contributed by atoms with Crippen molar-refractivity contribution in [3.8, 4) is 0 Å². The Bertz CT molecular complexity index is 914. The SMILES string of the molecule is O=C1NC(O)N=C1Cc1cnn2c(NC3CC3)nc(NN3CCCC3)nc12. The largest absolute Gasteiger partial charge is 0.355 e. The van der Waals surface area contributed by atoms with Gasteiger partial charge >= 0.3 is 0 Å². The number of hydrogen-bond donors (Lipinski definition) is 4. The molecule has 2 aromatic rings. The lowest BCUT2D eigenvalue weighted by Gasteiger charge is -2.17. The number of anilines is 2. The highest BCUT2D eigenvalue weighted by molar-refractivity contribution is 6.40. The fraction of sp³-hybridized carbons (Fsp3) is 0.562. The highest BCUT2D eigenvalue weighted by Crippen LogP contribution is 2.25. The maximum Gasteiger partial charge on any atom is 0.269 e. The van der Waals surface area contributed by atoms with Gasteiger partial charge in [-0.25, -0.2) is 10.0 Å². The summed E-state index contributed by atoms with van der Waals surface area (Å²) in [5.74, 6) is 0.767. The van der Waals surface area contributed by atoms with Crippen LogP contribution >= 0.6 is 0 Å². The Hall–Kier alpha value is -2.79. The van der Waals surface area contributed by atoms with Gasteiger partial charge in [0.25, 0.3) is 5.91 Å². The first-order chi connectivity index (χ1) is 13.2.